The van der Waals surface area contributed by atoms with Crippen molar-refractivity contribution in [3.05, 3.63) is 23.3 Å². The number of amides is 2. The first-order valence-corrected chi connectivity index (χ1v) is 9.61. The van der Waals surface area contributed by atoms with E-state index in [4.69, 9.17) is 4.74 Å². The minimum Gasteiger partial charge on any atom is -0.378 e. The molecule has 0 saturated carbocycles. The molecule has 3 heterocycles. The molecule has 8 heteroatoms. The number of hydrogen-bond donors (Lipinski definition) is 1. The number of hydrogen-bond acceptors (Lipinski definition) is 6. The Morgan fingerprint density at radius 2 is 1.78 bits per heavy atom. The Balaban J connectivity index is 1.50. The first-order valence-electron chi connectivity index (χ1n) is 9.61. The van der Waals surface area contributed by atoms with Crippen LogP contribution in [0.4, 0.5) is 0 Å². The molecule has 0 spiro atoms. The maximum Gasteiger partial charge on any atom is 0.255 e. The molecule has 1 N–H and O–H groups in total. The van der Waals surface area contributed by atoms with Gasteiger partial charge in [0.1, 0.15) is 6.33 Å². The standard InChI is InChI=1S/C19H29N5O3/c1-13-18(14(2)22-12-21-13)19(26)20-11-16-5-4-15(23(16)3)10-17(25)24-6-8-27-9-7-24/h12,15-16H,4-11H2,1-3H3,(H,20,26)/t15-,16+/m1/s1. The Morgan fingerprint density at radius 1 is 1.15 bits per heavy atom. The predicted octanol–water partition coefficient (Wildman–Crippen LogP) is 0.535. The average Bonchev–Trinajstić information content (AvgIpc) is 3.00. The average molecular weight is 375 g/mol. The molecule has 2 aliphatic rings. The van der Waals surface area contributed by atoms with E-state index in [0.717, 1.165) is 12.8 Å². The lowest BCUT2D eigenvalue weighted by molar-refractivity contribution is -0.136. The van der Waals surface area contributed by atoms with E-state index < -0.39 is 0 Å². The first-order chi connectivity index (χ1) is 13.0. The molecule has 2 fully saturated rings. The molecule has 2 atom stereocenters. The van der Waals surface area contributed by atoms with Crippen molar-refractivity contribution >= 4 is 11.8 Å². The number of carbonyl (C=O) groups excluding carboxylic acids is 2. The largest absolute Gasteiger partial charge is 0.378 e. The van der Waals surface area contributed by atoms with Crippen LogP contribution in [0.1, 0.15) is 41.0 Å². The molecular weight excluding hydrogens is 346 g/mol. The van der Waals surface area contributed by atoms with Crippen LogP contribution in [0.15, 0.2) is 6.33 Å². The van der Waals surface area contributed by atoms with Gasteiger partial charge in [-0.15, -0.1) is 0 Å². The van der Waals surface area contributed by atoms with Crippen LogP contribution >= 0.6 is 0 Å². The van der Waals surface area contributed by atoms with Crippen molar-refractivity contribution in [1.82, 2.24) is 25.1 Å². The fourth-order valence-electron chi connectivity index (χ4n) is 3.95. The van der Waals surface area contributed by atoms with Gasteiger partial charge in [0.25, 0.3) is 5.91 Å². The molecule has 3 rings (SSSR count). The van der Waals surface area contributed by atoms with Crippen molar-refractivity contribution in [1.29, 1.82) is 0 Å². The summed E-state index contributed by atoms with van der Waals surface area (Å²) in [5.74, 6) is 0.0689. The van der Waals surface area contributed by atoms with Crippen LogP contribution in [-0.2, 0) is 9.53 Å². The molecule has 0 unspecified atom stereocenters. The summed E-state index contributed by atoms with van der Waals surface area (Å²) in [6.45, 7) is 6.83. The second-order valence-electron chi connectivity index (χ2n) is 7.38. The molecule has 0 aliphatic carbocycles. The highest BCUT2D eigenvalue weighted by Gasteiger charge is 2.33. The second kappa shape index (κ2) is 8.75. The Kier molecular flexibility index (Phi) is 6.38. The summed E-state index contributed by atoms with van der Waals surface area (Å²) < 4.78 is 5.31. The normalized spacial score (nSPS) is 23.4. The number of nitrogens with zero attached hydrogens (tertiary/aromatic N) is 4. The third kappa shape index (κ3) is 4.62. The van der Waals surface area contributed by atoms with Crippen molar-refractivity contribution in [2.24, 2.45) is 0 Å². The first kappa shape index (κ1) is 19.7. The minimum atomic E-state index is -0.133. The van der Waals surface area contributed by atoms with Gasteiger partial charge >= 0.3 is 0 Å². The minimum absolute atomic E-state index is 0.133. The van der Waals surface area contributed by atoms with Crippen LogP contribution in [0, 0.1) is 13.8 Å². The van der Waals surface area contributed by atoms with Crippen LogP contribution in [-0.4, -0.2) is 83.6 Å². The van der Waals surface area contributed by atoms with Gasteiger partial charge in [0.2, 0.25) is 5.91 Å². The summed E-state index contributed by atoms with van der Waals surface area (Å²) in [5.41, 5.74) is 1.93. The van der Waals surface area contributed by atoms with Crippen LogP contribution < -0.4 is 5.32 Å². The number of nitrogens with one attached hydrogen (secondary N) is 1. The van der Waals surface area contributed by atoms with E-state index in [2.05, 4.69) is 20.2 Å². The maximum absolute atomic E-state index is 12.5. The summed E-state index contributed by atoms with van der Waals surface area (Å²) in [7, 11) is 2.04. The number of aromatic nitrogens is 2. The third-order valence-electron chi connectivity index (χ3n) is 5.71. The molecule has 0 radical (unpaired) electrons. The topological polar surface area (TPSA) is 87.7 Å². The number of rotatable bonds is 5. The van der Waals surface area contributed by atoms with Gasteiger partial charge in [-0.3, -0.25) is 14.5 Å². The zero-order valence-corrected chi connectivity index (χ0v) is 16.4. The summed E-state index contributed by atoms with van der Waals surface area (Å²) >= 11 is 0. The van der Waals surface area contributed by atoms with Crippen LogP contribution in [0.25, 0.3) is 0 Å². The van der Waals surface area contributed by atoms with E-state index in [1.54, 1.807) is 0 Å². The van der Waals surface area contributed by atoms with E-state index in [-0.39, 0.29) is 23.9 Å². The second-order valence-corrected chi connectivity index (χ2v) is 7.38. The van der Waals surface area contributed by atoms with E-state index in [9.17, 15) is 9.59 Å². The lowest BCUT2D eigenvalue weighted by Gasteiger charge is -2.30. The van der Waals surface area contributed by atoms with Crippen molar-refractivity contribution in [3.8, 4) is 0 Å². The monoisotopic (exact) mass is 375 g/mol. The highest BCUT2D eigenvalue weighted by Crippen LogP contribution is 2.25. The third-order valence-corrected chi connectivity index (χ3v) is 5.71. The number of aryl methyl sites for hydroxylation is 2. The fraction of sp³-hybridized carbons (Fsp3) is 0.684. The predicted molar refractivity (Wildman–Crippen MR) is 100 cm³/mol. The van der Waals surface area contributed by atoms with Crippen molar-refractivity contribution < 1.29 is 14.3 Å². The molecule has 8 nitrogen and oxygen atoms in total. The van der Waals surface area contributed by atoms with Gasteiger partial charge in [-0.1, -0.05) is 0 Å². The van der Waals surface area contributed by atoms with Crippen LogP contribution in [0.3, 0.4) is 0 Å². The van der Waals surface area contributed by atoms with Gasteiger partial charge in [0, 0.05) is 38.1 Å². The number of morpholine rings is 1. The highest BCUT2D eigenvalue weighted by atomic mass is 16.5. The molecule has 27 heavy (non-hydrogen) atoms. The molecule has 2 aliphatic heterocycles. The Hall–Kier alpha value is -2.06. The lowest BCUT2D eigenvalue weighted by atomic mass is 10.1. The van der Waals surface area contributed by atoms with Gasteiger partial charge in [-0.25, -0.2) is 9.97 Å². The van der Waals surface area contributed by atoms with E-state index in [0.29, 0.717) is 56.2 Å². The molecule has 1 aromatic heterocycles. The Morgan fingerprint density at radius 3 is 2.44 bits per heavy atom. The fourth-order valence-corrected chi connectivity index (χ4v) is 3.95. The van der Waals surface area contributed by atoms with Crippen molar-refractivity contribution in [2.45, 2.75) is 45.2 Å². The molecular formula is C19H29N5O3. The molecule has 0 bridgehead atoms. The van der Waals surface area contributed by atoms with E-state index in [1.165, 1.54) is 6.33 Å². The van der Waals surface area contributed by atoms with E-state index >= 15 is 0 Å². The smallest absolute Gasteiger partial charge is 0.255 e. The van der Waals surface area contributed by atoms with Gasteiger partial charge in [-0.2, -0.15) is 0 Å². The quantitative estimate of drug-likeness (QED) is 0.808. The van der Waals surface area contributed by atoms with E-state index in [1.807, 2.05) is 25.8 Å². The Bertz CT molecular complexity index is 670. The molecule has 2 saturated heterocycles. The van der Waals surface area contributed by atoms with Gasteiger partial charge in [-0.05, 0) is 33.7 Å². The highest BCUT2D eigenvalue weighted by molar-refractivity contribution is 5.96. The van der Waals surface area contributed by atoms with Crippen molar-refractivity contribution in [3.63, 3.8) is 0 Å². The van der Waals surface area contributed by atoms with Crippen LogP contribution in [0.5, 0.6) is 0 Å². The molecule has 1 aromatic rings. The summed E-state index contributed by atoms with van der Waals surface area (Å²) in [4.78, 5) is 37.4. The number of likely N-dealkylation sites (N-methyl/N-ethyl adjacent to an activating group) is 1. The van der Waals surface area contributed by atoms with Crippen LogP contribution in [0.2, 0.25) is 0 Å². The number of carbonyl (C=O) groups is 2. The maximum atomic E-state index is 12.5. The number of ether oxygens (including phenoxy) is 1. The van der Waals surface area contributed by atoms with Crippen molar-refractivity contribution in [2.75, 3.05) is 39.9 Å². The van der Waals surface area contributed by atoms with Gasteiger partial charge < -0.3 is 15.0 Å². The van der Waals surface area contributed by atoms with Gasteiger partial charge in [0.15, 0.2) is 0 Å². The number of likely N-dealkylation sites (tertiary alicyclic amines) is 1. The summed E-state index contributed by atoms with van der Waals surface area (Å²) in [5, 5.41) is 3.02. The zero-order valence-electron chi connectivity index (χ0n) is 16.4. The molecule has 2 amide bonds. The lowest BCUT2D eigenvalue weighted by Crippen LogP contribution is -2.45. The molecule has 0 aromatic carbocycles. The zero-order chi connectivity index (χ0) is 19.4. The summed E-state index contributed by atoms with van der Waals surface area (Å²) in [6, 6.07) is 0.465. The SMILES string of the molecule is Cc1ncnc(C)c1C(=O)NC[C@@H]1CC[C@H](CC(=O)N2CCOCC2)N1C. The van der Waals surface area contributed by atoms with Gasteiger partial charge in [0.05, 0.1) is 30.2 Å². The summed E-state index contributed by atoms with van der Waals surface area (Å²) in [6.07, 6.45) is 3.95. The molecule has 148 valence electrons. The Labute approximate surface area is 160 Å².